The van der Waals surface area contributed by atoms with E-state index in [9.17, 15) is 9.90 Å². The van der Waals surface area contributed by atoms with Gasteiger partial charge in [-0.3, -0.25) is 4.57 Å². The summed E-state index contributed by atoms with van der Waals surface area (Å²) in [5, 5.41) is 11.0. The van der Waals surface area contributed by atoms with Gasteiger partial charge in [0, 0.05) is 0 Å². The Kier molecular flexibility index (Phi) is 2.68. The molecule has 19 heavy (non-hydrogen) atoms. The average molecular weight is 270 g/mol. The molecule has 5 heteroatoms. The van der Waals surface area contributed by atoms with Crippen molar-refractivity contribution in [2.24, 2.45) is 0 Å². The molecule has 0 radical (unpaired) electrons. The lowest BCUT2D eigenvalue weighted by atomic mass is 10.2. The maximum Gasteiger partial charge on any atom is 0.348 e. The second kappa shape index (κ2) is 4.37. The molecule has 3 rings (SSSR count). The Morgan fingerprint density at radius 3 is 3.00 bits per heavy atom. The van der Waals surface area contributed by atoms with Crippen molar-refractivity contribution >= 4 is 34.4 Å². The largest absolute Gasteiger partial charge is 0.477 e. The Labute approximate surface area is 113 Å². The highest BCUT2D eigenvalue weighted by Crippen LogP contribution is 2.25. The number of carbonyl (C=O) groups is 1. The third-order valence-electron chi connectivity index (χ3n) is 2.91. The van der Waals surface area contributed by atoms with Crippen LogP contribution in [0.15, 0.2) is 42.6 Å². The lowest BCUT2D eigenvalue weighted by Gasteiger charge is -2.03. The number of benzene rings is 1. The molecular weight excluding hydrogens is 260 g/mol. The van der Waals surface area contributed by atoms with Gasteiger partial charge >= 0.3 is 5.97 Å². The van der Waals surface area contributed by atoms with E-state index in [4.69, 9.17) is 0 Å². The summed E-state index contributed by atoms with van der Waals surface area (Å²) in [7, 11) is 0. The lowest BCUT2D eigenvalue weighted by molar-refractivity contribution is 0.0702. The number of aromatic carboxylic acids is 1. The van der Waals surface area contributed by atoms with E-state index in [1.807, 2.05) is 18.2 Å². The zero-order valence-electron chi connectivity index (χ0n) is 9.91. The van der Waals surface area contributed by atoms with Gasteiger partial charge in [0.1, 0.15) is 11.2 Å². The maximum atomic E-state index is 11.2. The van der Waals surface area contributed by atoms with Gasteiger partial charge in [0.25, 0.3) is 0 Å². The van der Waals surface area contributed by atoms with Gasteiger partial charge in [0.2, 0.25) is 0 Å². The van der Waals surface area contributed by atoms with Gasteiger partial charge in [0.15, 0.2) is 0 Å². The highest BCUT2D eigenvalue weighted by molar-refractivity contribution is 7.12. The molecule has 0 aliphatic rings. The Hall–Kier alpha value is -2.40. The topological polar surface area (TPSA) is 55.1 Å². The van der Waals surface area contributed by atoms with Crippen LogP contribution in [0, 0.1) is 0 Å². The van der Waals surface area contributed by atoms with E-state index in [1.165, 1.54) is 11.3 Å². The molecule has 0 bridgehead atoms. The van der Waals surface area contributed by atoms with E-state index < -0.39 is 5.97 Å². The summed E-state index contributed by atoms with van der Waals surface area (Å²) in [6.07, 6.45) is 3.40. The van der Waals surface area contributed by atoms with Crippen LogP contribution < -0.4 is 0 Å². The Balaban J connectivity index is 2.27. The molecule has 0 spiro atoms. The molecule has 2 heterocycles. The number of hydrogen-bond donors (Lipinski definition) is 1. The van der Waals surface area contributed by atoms with Crippen LogP contribution in [0.4, 0.5) is 0 Å². The summed E-state index contributed by atoms with van der Waals surface area (Å²) < 4.78 is 1.79. The number of aromatic nitrogens is 2. The third-order valence-corrected chi connectivity index (χ3v) is 3.80. The van der Waals surface area contributed by atoms with Gasteiger partial charge in [-0.1, -0.05) is 18.7 Å². The molecule has 2 aromatic heterocycles. The summed E-state index contributed by atoms with van der Waals surface area (Å²) in [6, 6.07) is 7.56. The first-order valence-electron chi connectivity index (χ1n) is 5.61. The molecule has 0 amide bonds. The van der Waals surface area contributed by atoms with Crippen molar-refractivity contribution in [1.82, 2.24) is 9.55 Å². The molecule has 0 aliphatic heterocycles. The van der Waals surface area contributed by atoms with Gasteiger partial charge in [-0.15, -0.1) is 11.3 Å². The highest BCUT2D eigenvalue weighted by Gasteiger charge is 2.15. The molecule has 0 fully saturated rings. The number of carboxylic acid groups (broad SMARTS) is 1. The van der Waals surface area contributed by atoms with Crippen molar-refractivity contribution in [2.45, 2.75) is 0 Å². The Morgan fingerprint density at radius 1 is 1.42 bits per heavy atom. The zero-order chi connectivity index (χ0) is 13.4. The molecule has 0 unspecified atom stereocenters. The quantitative estimate of drug-likeness (QED) is 0.793. The molecule has 4 nitrogen and oxygen atoms in total. The number of imidazole rings is 1. The van der Waals surface area contributed by atoms with E-state index in [0.717, 1.165) is 16.6 Å². The fourth-order valence-electron chi connectivity index (χ4n) is 2.00. The standard InChI is InChI=1S/C14H10N2O2S/c1-2-9-3-4-10-12(7-9)16(8-15-10)11-5-6-19-13(11)14(17)18/h2-8H,1H2,(H,17,18). The first-order valence-corrected chi connectivity index (χ1v) is 6.49. The van der Waals surface area contributed by atoms with Crippen molar-refractivity contribution in [3.63, 3.8) is 0 Å². The number of rotatable bonds is 3. The summed E-state index contributed by atoms with van der Waals surface area (Å²) >= 11 is 1.21. The van der Waals surface area contributed by atoms with Crippen molar-refractivity contribution in [2.75, 3.05) is 0 Å². The first kappa shape index (κ1) is 11.7. The van der Waals surface area contributed by atoms with Crippen LogP contribution in [-0.2, 0) is 0 Å². The predicted octanol–water partition coefficient (Wildman–Crippen LogP) is 3.43. The van der Waals surface area contributed by atoms with Crippen LogP contribution in [0.3, 0.4) is 0 Å². The number of carboxylic acids is 1. The zero-order valence-corrected chi connectivity index (χ0v) is 10.7. The minimum absolute atomic E-state index is 0.309. The second-order valence-corrected chi connectivity index (χ2v) is 4.92. The average Bonchev–Trinajstić information content (AvgIpc) is 3.03. The van der Waals surface area contributed by atoms with Crippen LogP contribution in [0.2, 0.25) is 0 Å². The molecule has 1 aromatic carbocycles. The Bertz CT molecular complexity index is 786. The van der Waals surface area contributed by atoms with Crippen molar-refractivity contribution < 1.29 is 9.90 Å². The van der Waals surface area contributed by atoms with Gasteiger partial charge in [-0.05, 0) is 29.1 Å². The van der Waals surface area contributed by atoms with Crippen LogP contribution in [0.5, 0.6) is 0 Å². The summed E-state index contributed by atoms with van der Waals surface area (Å²) in [5.74, 6) is -0.924. The van der Waals surface area contributed by atoms with Gasteiger partial charge in [0.05, 0.1) is 16.7 Å². The van der Waals surface area contributed by atoms with Crippen molar-refractivity contribution in [3.05, 3.63) is 53.0 Å². The predicted molar refractivity (Wildman–Crippen MR) is 76.0 cm³/mol. The maximum absolute atomic E-state index is 11.2. The highest BCUT2D eigenvalue weighted by atomic mass is 32.1. The first-order chi connectivity index (χ1) is 9.20. The van der Waals surface area contributed by atoms with Gasteiger partial charge in [-0.25, -0.2) is 9.78 Å². The fraction of sp³-hybridized carbons (Fsp3) is 0. The van der Waals surface area contributed by atoms with Crippen LogP contribution >= 0.6 is 11.3 Å². The van der Waals surface area contributed by atoms with Crippen molar-refractivity contribution in [1.29, 1.82) is 0 Å². The third kappa shape index (κ3) is 1.84. The number of hydrogen-bond acceptors (Lipinski definition) is 3. The summed E-state index contributed by atoms with van der Waals surface area (Å²) in [4.78, 5) is 15.8. The number of fused-ring (bicyclic) bond motifs is 1. The number of thiophene rings is 1. The fourth-order valence-corrected chi connectivity index (χ4v) is 2.72. The summed E-state index contributed by atoms with van der Waals surface area (Å²) in [6.45, 7) is 3.74. The van der Waals surface area contributed by atoms with Crippen molar-refractivity contribution in [3.8, 4) is 5.69 Å². The van der Waals surface area contributed by atoms with E-state index in [1.54, 1.807) is 28.4 Å². The van der Waals surface area contributed by atoms with Crippen LogP contribution in [-0.4, -0.2) is 20.6 Å². The Morgan fingerprint density at radius 2 is 2.26 bits per heavy atom. The molecule has 1 N–H and O–H groups in total. The molecule has 0 aliphatic carbocycles. The van der Waals surface area contributed by atoms with E-state index in [0.29, 0.717) is 10.6 Å². The minimum Gasteiger partial charge on any atom is -0.477 e. The van der Waals surface area contributed by atoms with Gasteiger partial charge in [-0.2, -0.15) is 0 Å². The smallest absolute Gasteiger partial charge is 0.348 e. The SMILES string of the molecule is C=Cc1ccc2ncn(-c3ccsc3C(=O)O)c2c1. The molecule has 0 atom stereocenters. The molecule has 3 aromatic rings. The lowest BCUT2D eigenvalue weighted by Crippen LogP contribution is -2.00. The molecular formula is C14H10N2O2S. The van der Waals surface area contributed by atoms with E-state index in [-0.39, 0.29) is 0 Å². The van der Waals surface area contributed by atoms with Gasteiger partial charge < -0.3 is 5.11 Å². The molecule has 0 saturated carbocycles. The van der Waals surface area contributed by atoms with E-state index in [2.05, 4.69) is 11.6 Å². The van der Waals surface area contributed by atoms with Crippen LogP contribution in [0.1, 0.15) is 15.2 Å². The van der Waals surface area contributed by atoms with Crippen LogP contribution in [0.25, 0.3) is 22.8 Å². The van der Waals surface area contributed by atoms with E-state index >= 15 is 0 Å². The number of nitrogens with zero attached hydrogens (tertiary/aromatic N) is 2. The monoisotopic (exact) mass is 270 g/mol. The normalized spacial score (nSPS) is 10.7. The second-order valence-electron chi connectivity index (χ2n) is 4.01. The molecule has 94 valence electrons. The summed E-state index contributed by atoms with van der Waals surface area (Å²) in [5.41, 5.74) is 3.31. The molecule has 0 saturated heterocycles. The minimum atomic E-state index is -0.924.